The van der Waals surface area contributed by atoms with E-state index < -0.39 is 0 Å². The van der Waals surface area contributed by atoms with Gasteiger partial charge < -0.3 is 15.5 Å². The van der Waals surface area contributed by atoms with Crippen LogP contribution in [0.5, 0.6) is 6.01 Å². The topological polar surface area (TPSA) is 102 Å². The van der Waals surface area contributed by atoms with Crippen LogP contribution in [0, 0.1) is 0 Å². The van der Waals surface area contributed by atoms with Crippen LogP contribution in [0.15, 0.2) is 29.1 Å². The van der Waals surface area contributed by atoms with Gasteiger partial charge in [-0.15, -0.1) is 0 Å². The highest BCUT2D eigenvalue weighted by Gasteiger charge is 2.22. The first-order valence-electron chi connectivity index (χ1n) is 10.4. The Morgan fingerprint density at radius 3 is 2.59 bits per heavy atom. The van der Waals surface area contributed by atoms with E-state index in [2.05, 4.69) is 38.1 Å². The summed E-state index contributed by atoms with van der Waals surface area (Å²) in [4.78, 5) is 26.6. The highest BCUT2D eigenvalue weighted by Crippen LogP contribution is 2.25. The first kappa shape index (κ1) is 18.2. The predicted molar refractivity (Wildman–Crippen MR) is 111 cm³/mol. The standard InChI is InChI=1S/C21H26N6O2/c22-18-17-19(25-20(24-18)29-16-7-4-8-16)27(21(28)23-17)13-15-6-3-5-14(11-15)12-26-9-1-2-10-26/h3,5-6,11,16H,1-2,4,7-10,12-13H2,(H,23,28)(H2,22,24,25). The molecule has 2 aromatic heterocycles. The van der Waals surface area contributed by atoms with E-state index in [1.807, 2.05) is 6.07 Å². The zero-order chi connectivity index (χ0) is 19.8. The molecule has 0 unspecified atom stereocenters. The molecule has 2 aliphatic rings. The summed E-state index contributed by atoms with van der Waals surface area (Å²) in [6, 6.07) is 8.64. The molecule has 0 atom stereocenters. The van der Waals surface area contributed by atoms with Crippen LogP contribution in [0.25, 0.3) is 11.2 Å². The van der Waals surface area contributed by atoms with E-state index >= 15 is 0 Å². The number of nitrogen functional groups attached to an aromatic ring is 1. The lowest BCUT2D eigenvalue weighted by molar-refractivity contribution is 0.109. The molecule has 1 saturated carbocycles. The third kappa shape index (κ3) is 3.72. The van der Waals surface area contributed by atoms with E-state index in [9.17, 15) is 4.79 Å². The number of nitrogens with two attached hydrogens (primary N) is 1. The van der Waals surface area contributed by atoms with E-state index in [0.29, 0.717) is 17.7 Å². The van der Waals surface area contributed by atoms with E-state index in [0.717, 1.165) is 44.5 Å². The molecule has 1 saturated heterocycles. The Kier molecular flexibility index (Phi) is 4.71. The van der Waals surface area contributed by atoms with Crippen molar-refractivity contribution in [1.29, 1.82) is 0 Å². The number of nitrogens with zero attached hydrogens (tertiary/aromatic N) is 4. The second-order valence-corrected chi connectivity index (χ2v) is 8.08. The second kappa shape index (κ2) is 7.51. The summed E-state index contributed by atoms with van der Waals surface area (Å²) < 4.78 is 7.42. The van der Waals surface area contributed by atoms with Gasteiger partial charge in [-0.3, -0.25) is 9.47 Å². The molecule has 3 aromatic rings. The maximum Gasteiger partial charge on any atom is 0.328 e. The molecule has 3 heterocycles. The lowest BCUT2D eigenvalue weighted by Crippen LogP contribution is -2.25. The predicted octanol–water partition coefficient (Wildman–Crippen LogP) is 2.28. The molecule has 1 aliphatic carbocycles. The molecule has 29 heavy (non-hydrogen) atoms. The molecule has 0 radical (unpaired) electrons. The first-order chi connectivity index (χ1) is 14.2. The van der Waals surface area contributed by atoms with Crippen LogP contribution in [0.2, 0.25) is 0 Å². The Hall–Kier alpha value is -2.87. The lowest BCUT2D eigenvalue weighted by Gasteiger charge is -2.25. The SMILES string of the molecule is Nc1nc(OC2CCC2)nc2c1[nH]c(=O)n2Cc1cccc(CN2CCCC2)c1. The molecule has 0 amide bonds. The fourth-order valence-electron chi connectivity index (χ4n) is 4.08. The number of aromatic nitrogens is 4. The Labute approximate surface area is 168 Å². The molecule has 8 heteroatoms. The average Bonchev–Trinajstić information content (AvgIpc) is 3.28. The van der Waals surface area contributed by atoms with Gasteiger partial charge in [-0.2, -0.15) is 9.97 Å². The van der Waals surface area contributed by atoms with Crippen molar-refractivity contribution in [1.82, 2.24) is 24.4 Å². The number of benzene rings is 1. The monoisotopic (exact) mass is 394 g/mol. The minimum Gasteiger partial charge on any atom is -0.460 e. The van der Waals surface area contributed by atoms with Crippen LogP contribution >= 0.6 is 0 Å². The Bertz CT molecular complexity index is 1080. The van der Waals surface area contributed by atoms with Gasteiger partial charge >= 0.3 is 11.7 Å². The molecule has 5 rings (SSSR count). The number of rotatable bonds is 6. The third-order valence-corrected chi connectivity index (χ3v) is 5.89. The number of aromatic amines is 1. The minimum atomic E-state index is -0.244. The van der Waals surface area contributed by atoms with Gasteiger partial charge in [-0.1, -0.05) is 24.3 Å². The molecule has 152 valence electrons. The number of hydrogen-bond acceptors (Lipinski definition) is 6. The molecule has 3 N–H and O–H groups in total. The molecule has 1 aliphatic heterocycles. The van der Waals surface area contributed by atoms with Crippen molar-refractivity contribution in [3.63, 3.8) is 0 Å². The van der Waals surface area contributed by atoms with Gasteiger partial charge in [0.15, 0.2) is 11.5 Å². The van der Waals surface area contributed by atoms with Crippen LogP contribution < -0.4 is 16.2 Å². The second-order valence-electron chi connectivity index (χ2n) is 8.08. The Morgan fingerprint density at radius 2 is 1.86 bits per heavy atom. The lowest BCUT2D eigenvalue weighted by atomic mass is 9.96. The number of H-pyrrole nitrogens is 1. The molecule has 1 aromatic carbocycles. The summed E-state index contributed by atoms with van der Waals surface area (Å²) >= 11 is 0. The summed E-state index contributed by atoms with van der Waals surface area (Å²) in [5.41, 5.74) is 9.09. The minimum absolute atomic E-state index is 0.147. The van der Waals surface area contributed by atoms with Crippen LogP contribution in [0.3, 0.4) is 0 Å². The number of fused-ring (bicyclic) bond motifs is 1. The van der Waals surface area contributed by atoms with Crippen molar-refractivity contribution in [2.75, 3.05) is 18.8 Å². The molecule has 8 nitrogen and oxygen atoms in total. The van der Waals surface area contributed by atoms with Crippen LogP contribution in [-0.2, 0) is 13.1 Å². The van der Waals surface area contributed by atoms with Crippen LogP contribution in [0.4, 0.5) is 5.82 Å². The van der Waals surface area contributed by atoms with Gasteiger partial charge in [0.25, 0.3) is 0 Å². The summed E-state index contributed by atoms with van der Waals surface area (Å²) in [6.07, 6.45) is 5.86. The van der Waals surface area contributed by atoms with Crippen LogP contribution in [0.1, 0.15) is 43.2 Å². The van der Waals surface area contributed by atoms with Gasteiger partial charge in [0.2, 0.25) is 0 Å². The molecule has 0 bridgehead atoms. The molecule has 0 spiro atoms. The highest BCUT2D eigenvalue weighted by molar-refractivity contribution is 5.81. The highest BCUT2D eigenvalue weighted by atomic mass is 16.5. The first-order valence-corrected chi connectivity index (χ1v) is 10.4. The zero-order valence-electron chi connectivity index (χ0n) is 16.4. The number of ether oxygens (including phenoxy) is 1. The average molecular weight is 394 g/mol. The largest absolute Gasteiger partial charge is 0.460 e. The van der Waals surface area contributed by atoms with Crippen molar-refractivity contribution >= 4 is 17.0 Å². The normalized spacial score (nSPS) is 17.7. The Morgan fingerprint density at radius 1 is 1.10 bits per heavy atom. The number of imidazole rings is 1. The van der Waals surface area contributed by atoms with Gasteiger partial charge in [0, 0.05) is 6.54 Å². The fourth-order valence-corrected chi connectivity index (χ4v) is 4.08. The van der Waals surface area contributed by atoms with Crippen molar-refractivity contribution in [3.05, 3.63) is 45.9 Å². The van der Waals surface area contributed by atoms with Gasteiger partial charge in [-0.05, 0) is 56.3 Å². The van der Waals surface area contributed by atoms with Gasteiger partial charge in [0.1, 0.15) is 11.6 Å². The number of anilines is 1. The van der Waals surface area contributed by atoms with Crippen molar-refractivity contribution in [2.24, 2.45) is 0 Å². The maximum atomic E-state index is 12.6. The number of hydrogen-bond donors (Lipinski definition) is 2. The number of nitrogens with one attached hydrogen (secondary N) is 1. The van der Waals surface area contributed by atoms with Crippen molar-refractivity contribution in [3.8, 4) is 6.01 Å². The zero-order valence-corrected chi connectivity index (χ0v) is 16.4. The summed E-state index contributed by atoms with van der Waals surface area (Å²) in [5, 5.41) is 0. The number of likely N-dealkylation sites (tertiary alicyclic amines) is 1. The quantitative estimate of drug-likeness (QED) is 0.665. The fraction of sp³-hybridized carbons (Fsp3) is 0.476. The summed E-state index contributed by atoms with van der Waals surface area (Å²) in [5.74, 6) is 0.239. The third-order valence-electron chi connectivity index (χ3n) is 5.89. The van der Waals surface area contributed by atoms with Crippen LogP contribution in [-0.4, -0.2) is 43.6 Å². The molecular formula is C21H26N6O2. The summed E-state index contributed by atoms with van der Waals surface area (Å²) in [7, 11) is 0. The Balaban J connectivity index is 1.43. The smallest absolute Gasteiger partial charge is 0.328 e. The maximum absolute atomic E-state index is 12.6. The van der Waals surface area contributed by atoms with E-state index in [-0.39, 0.29) is 23.6 Å². The van der Waals surface area contributed by atoms with Gasteiger partial charge in [-0.25, -0.2) is 4.79 Å². The molecule has 2 fully saturated rings. The van der Waals surface area contributed by atoms with E-state index in [1.54, 1.807) is 4.57 Å². The van der Waals surface area contributed by atoms with Crippen molar-refractivity contribution < 1.29 is 4.74 Å². The van der Waals surface area contributed by atoms with Crippen molar-refractivity contribution in [2.45, 2.75) is 51.3 Å². The van der Waals surface area contributed by atoms with Gasteiger partial charge in [0.05, 0.1) is 6.54 Å². The summed E-state index contributed by atoms with van der Waals surface area (Å²) in [6.45, 7) is 3.69. The van der Waals surface area contributed by atoms with E-state index in [1.165, 1.54) is 18.4 Å². The van der Waals surface area contributed by atoms with E-state index in [4.69, 9.17) is 10.5 Å². The molecular weight excluding hydrogens is 368 g/mol.